The number of fused-ring (bicyclic) bond motifs is 1. The normalized spacial score (nSPS) is 12.5. The number of rotatable bonds is 5. The average molecular weight is 402 g/mol. The summed E-state index contributed by atoms with van der Waals surface area (Å²) in [6.45, 7) is 5.14. The van der Waals surface area contributed by atoms with Crippen LogP contribution in [0.1, 0.15) is 24.0 Å². The van der Waals surface area contributed by atoms with Gasteiger partial charge in [0.05, 0.1) is 22.8 Å². The molecule has 0 saturated heterocycles. The third kappa shape index (κ3) is 3.91. The van der Waals surface area contributed by atoms with Gasteiger partial charge in [-0.15, -0.1) is 0 Å². The van der Waals surface area contributed by atoms with Crippen molar-refractivity contribution in [1.29, 1.82) is 0 Å². The molecule has 9 heteroatoms. The molecule has 0 aliphatic rings. The molecule has 3 aromatic rings. The van der Waals surface area contributed by atoms with Crippen molar-refractivity contribution in [2.24, 2.45) is 7.05 Å². The number of aromatic nitrogens is 4. The highest BCUT2D eigenvalue weighted by Crippen LogP contribution is 2.20. The van der Waals surface area contributed by atoms with E-state index in [2.05, 4.69) is 15.4 Å². The summed E-state index contributed by atoms with van der Waals surface area (Å²) < 4.78 is 8.60. The highest BCUT2D eigenvalue weighted by molar-refractivity contribution is 6.31. The van der Waals surface area contributed by atoms with Crippen molar-refractivity contribution in [2.45, 2.75) is 26.9 Å². The fourth-order valence-corrected chi connectivity index (χ4v) is 2.97. The van der Waals surface area contributed by atoms with Gasteiger partial charge in [0.25, 0.3) is 5.91 Å². The first-order valence-corrected chi connectivity index (χ1v) is 8.98. The van der Waals surface area contributed by atoms with Crippen LogP contribution >= 0.6 is 11.6 Å². The quantitative estimate of drug-likeness (QED) is 0.524. The molecule has 3 aromatic heterocycles. The molecule has 0 aromatic carbocycles. The average Bonchev–Trinajstić information content (AvgIpc) is 3.09. The third-order valence-corrected chi connectivity index (χ3v) is 4.60. The van der Waals surface area contributed by atoms with Crippen LogP contribution < -0.4 is 5.32 Å². The lowest BCUT2D eigenvalue weighted by Crippen LogP contribution is -2.29. The van der Waals surface area contributed by atoms with Gasteiger partial charge in [-0.1, -0.05) is 17.7 Å². The Kier molecular flexibility index (Phi) is 5.51. The fourth-order valence-electron chi connectivity index (χ4n) is 2.73. The van der Waals surface area contributed by atoms with Gasteiger partial charge in [0.2, 0.25) is 0 Å². The molecule has 0 radical (unpaired) electrons. The Morgan fingerprint density at radius 1 is 1.32 bits per heavy atom. The van der Waals surface area contributed by atoms with Crippen LogP contribution in [0.15, 0.2) is 30.5 Å². The maximum Gasteiger partial charge on any atom is 0.331 e. The van der Waals surface area contributed by atoms with Crippen molar-refractivity contribution in [3.63, 3.8) is 0 Å². The van der Waals surface area contributed by atoms with Gasteiger partial charge in [0.1, 0.15) is 5.65 Å². The Morgan fingerprint density at radius 3 is 2.75 bits per heavy atom. The maximum absolute atomic E-state index is 12.3. The number of halogens is 1. The molecule has 0 aliphatic heterocycles. The maximum atomic E-state index is 12.3. The number of aryl methyl sites for hydroxylation is 2. The second-order valence-corrected chi connectivity index (χ2v) is 6.65. The van der Waals surface area contributed by atoms with Gasteiger partial charge in [-0.3, -0.25) is 13.9 Å². The smallest absolute Gasteiger partial charge is 0.331 e. The van der Waals surface area contributed by atoms with Gasteiger partial charge < -0.3 is 10.1 Å². The molecule has 146 valence electrons. The molecule has 1 atom stereocenters. The van der Waals surface area contributed by atoms with E-state index in [4.69, 9.17) is 16.3 Å². The number of carbonyl (C=O) groups is 2. The third-order valence-electron chi connectivity index (χ3n) is 4.32. The molecule has 3 rings (SSSR count). The standard InChI is InChI=1S/C19H20ClN5O3/c1-11-17(12(2)24(4)23-11)22-19(27)13(3)28-16(26)9-8-14-18(20)21-15-7-5-6-10-25(14)15/h5-10,13H,1-4H3,(H,22,27)/b9-8+/t13-/m1/s1. The summed E-state index contributed by atoms with van der Waals surface area (Å²) in [5.74, 6) is -1.10. The number of nitrogens with zero attached hydrogens (tertiary/aromatic N) is 4. The van der Waals surface area contributed by atoms with Gasteiger partial charge in [-0.05, 0) is 39.0 Å². The van der Waals surface area contributed by atoms with Crippen LogP contribution in [0.25, 0.3) is 11.7 Å². The number of amides is 1. The SMILES string of the molecule is Cc1nn(C)c(C)c1NC(=O)[C@@H](C)OC(=O)/C=C/c1c(Cl)nc2ccccn12. The molecule has 28 heavy (non-hydrogen) atoms. The van der Waals surface area contributed by atoms with Gasteiger partial charge >= 0.3 is 5.97 Å². The van der Waals surface area contributed by atoms with Crippen molar-refractivity contribution >= 4 is 40.9 Å². The van der Waals surface area contributed by atoms with Crippen molar-refractivity contribution < 1.29 is 14.3 Å². The molecule has 1 amide bonds. The zero-order valence-corrected chi connectivity index (χ0v) is 16.7. The number of ether oxygens (including phenoxy) is 1. The highest BCUT2D eigenvalue weighted by atomic mass is 35.5. The van der Waals surface area contributed by atoms with Crippen LogP contribution in [0, 0.1) is 13.8 Å². The summed E-state index contributed by atoms with van der Waals surface area (Å²) >= 11 is 6.12. The lowest BCUT2D eigenvalue weighted by Gasteiger charge is -2.12. The largest absolute Gasteiger partial charge is 0.449 e. The van der Waals surface area contributed by atoms with E-state index in [0.29, 0.717) is 22.7 Å². The van der Waals surface area contributed by atoms with Crippen LogP contribution in [0.5, 0.6) is 0 Å². The summed E-state index contributed by atoms with van der Waals surface area (Å²) in [5.41, 5.74) is 3.33. The minimum atomic E-state index is -0.978. The summed E-state index contributed by atoms with van der Waals surface area (Å²) in [7, 11) is 1.79. The monoisotopic (exact) mass is 401 g/mol. The summed E-state index contributed by atoms with van der Waals surface area (Å²) in [6.07, 6.45) is 3.53. The molecule has 1 N–H and O–H groups in total. The molecular weight excluding hydrogens is 382 g/mol. The summed E-state index contributed by atoms with van der Waals surface area (Å²) in [6, 6.07) is 5.47. The van der Waals surface area contributed by atoms with E-state index in [1.165, 1.54) is 19.1 Å². The Balaban J connectivity index is 1.66. The van der Waals surface area contributed by atoms with Crippen molar-refractivity contribution in [3.05, 3.63) is 52.7 Å². The van der Waals surface area contributed by atoms with E-state index in [-0.39, 0.29) is 5.15 Å². The first kappa shape index (κ1) is 19.6. The molecule has 0 unspecified atom stereocenters. The van der Waals surface area contributed by atoms with Crippen molar-refractivity contribution in [2.75, 3.05) is 5.32 Å². The van der Waals surface area contributed by atoms with Crippen LogP contribution in [-0.4, -0.2) is 37.1 Å². The van der Waals surface area contributed by atoms with Crippen LogP contribution in [-0.2, 0) is 21.4 Å². The number of carbonyl (C=O) groups excluding carboxylic acids is 2. The van der Waals surface area contributed by atoms with Crippen molar-refractivity contribution in [3.8, 4) is 0 Å². The molecule has 3 heterocycles. The highest BCUT2D eigenvalue weighted by Gasteiger charge is 2.20. The summed E-state index contributed by atoms with van der Waals surface area (Å²) in [4.78, 5) is 28.6. The van der Waals surface area contributed by atoms with Crippen LogP contribution in [0.2, 0.25) is 5.15 Å². The Morgan fingerprint density at radius 2 is 2.07 bits per heavy atom. The lowest BCUT2D eigenvalue weighted by atomic mass is 10.3. The number of esters is 1. The van der Waals surface area contributed by atoms with E-state index in [1.54, 1.807) is 35.3 Å². The fraction of sp³-hybridized carbons (Fsp3) is 0.263. The molecular formula is C19H20ClN5O3. The van der Waals surface area contributed by atoms with Gasteiger partial charge in [-0.2, -0.15) is 5.10 Å². The molecule has 0 fully saturated rings. The predicted molar refractivity (Wildman–Crippen MR) is 106 cm³/mol. The number of nitrogens with one attached hydrogen (secondary N) is 1. The molecule has 0 bridgehead atoms. The minimum absolute atomic E-state index is 0.267. The lowest BCUT2D eigenvalue weighted by molar-refractivity contribution is -0.148. The number of pyridine rings is 1. The first-order chi connectivity index (χ1) is 13.3. The number of hydrogen-bond donors (Lipinski definition) is 1. The first-order valence-electron chi connectivity index (χ1n) is 8.60. The molecule has 8 nitrogen and oxygen atoms in total. The number of anilines is 1. The Labute approximate surface area is 166 Å². The predicted octanol–water partition coefficient (Wildman–Crippen LogP) is 2.92. The Hall–Kier alpha value is -3.13. The van der Waals surface area contributed by atoms with Crippen LogP contribution in [0.4, 0.5) is 5.69 Å². The minimum Gasteiger partial charge on any atom is -0.449 e. The van der Waals surface area contributed by atoms with E-state index in [0.717, 1.165) is 5.69 Å². The Bertz CT molecular complexity index is 1080. The van der Waals surface area contributed by atoms with Gasteiger partial charge in [-0.25, -0.2) is 9.78 Å². The number of hydrogen-bond acceptors (Lipinski definition) is 5. The van der Waals surface area contributed by atoms with Crippen LogP contribution in [0.3, 0.4) is 0 Å². The van der Waals surface area contributed by atoms with Crippen molar-refractivity contribution in [1.82, 2.24) is 19.2 Å². The van der Waals surface area contributed by atoms with Gasteiger partial charge in [0.15, 0.2) is 11.3 Å². The topological polar surface area (TPSA) is 90.5 Å². The van der Waals surface area contributed by atoms with E-state index >= 15 is 0 Å². The second-order valence-electron chi connectivity index (χ2n) is 6.29. The number of imidazole rings is 1. The second kappa shape index (κ2) is 7.85. The molecule has 0 saturated carbocycles. The molecule has 0 aliphatic carbocycles. The molecule has 0 spiro atoms. The van der Waals surface area contributed by atoms with E-state index in [1.807, 2.05) is 19.1 Å². The van der Waals surface area contributed by atoms with E-state index in [9.17, 15) is 9.59 Å². The zero-order chi connectivity index (χ0) is 20.4. The summed E-state index contributed by atoms with van der Waals surface area (Å²) in [5, 5.41) is 7.25. The van der Waals surface area contributed by atoms with Gasteiger partial charge in [0, 0.05) is 19.3 Å². The van der Waals surface area contributed by atoms with E-state index < -0.39 is 18.0 Å². The zero-order valence-electron chi connectivity index (χ0n) is 15.9.